The molecule has 1 N–H and O–H groups in total. The Kier molecular flexibility index (Phi) is 4.11. The zero-order chi connectivity index (χ0) is 15.5. The third-order valence-electron chi connectivity index (χ3n) is 3.54. The van der Waals surface area contributed by atoms with Crippen LogP contribution in [0.5, 0.6) is 5.75 Å². The van der Waals surface area contributed by atoms with Crippen molar-refractivity contribution in [3.05, 3.63) is 58.6 Å². The minimum absolute atomic E-state index is 0.126. The van der Waals surface area contributed by atoms with Crippen LogP contribution in [-0.2, 0) is 11.2 Å². The third-order valence-corrected chi connectivity index (χ3v) is 3.87. The summed E-state index contributed by atoms with van der Waals surface area (Å²) in [5.41, 5.74) is 2.13. The highest BCUT2D eigenvalue weighted by Crippen LogP contribution is 2.30. The van der Waals surface area contributed by atoms with E-state index >= 15 is 0 Å². The maximum Gasteiger partial charge on any atom is 0.262 e. The lowest BCUT2D eigenvalue weighted by molar-refractivity contribution is -0.118. The Morgan fingerprint density at radius 3 is 2.77 bits per heavy atom. The molecule has 0 saturated heterocycles. The average Bonchev–Trinajstić information content (AvgIpc) is 2.90. The van der Waals surface area contributed by atoms with E-state index in [-0.39, 0.29) is 18.3 Å². The predicted octanol–water partition coefficient (Wildman–Crippen LogP) is 3.49. The van der Waals surface area contributed by atoms with Crippen molar-refractivity contribution in [2.75, 3.05) is 11.9 Å². The van der Waals surface area contributed by atoms with Gasteiger partial charge in [-0.15, -0.1) is 0 Å². The van der Waals surface area contributed by atoms with Crippen LogP contribution < -0.4 is 10.1 Å². The lowest BCUT2D eigenvalue weighted by Crippen LogP contribution is -2.20. The van der Waals surface area contributed by atoms with E-state index in [1.54, 1.807) is 42.5 Å². The molecule has 0 bridgehead atoms. The second kappa shape index (κ2) is 6.20. The first kappa shape index (κ1) is 14.6. The van der Waals surface area contributed by atoms with Crippen LogP contribution in [0.2, 0.25) is 5.02 Å². The highest BCUT2D eigenvalue weighted by molar-refractivity contribution is 6.33. The largest absolute Gasteiger partial charge is 0.483 e. The first-order valence-corrected chi connectivity index (χ1v) is 7.35. The van der Waals surface area contributed by atoms with Gasteiger partial charge in [-0.05, 0) is 24.6 Å². The molecule has 0 atom stereocenters. The van der Waals surface area contributed by atoms with E-state index in [1.807, 2.05) is 0 Å². The van der Waals surface area contributed by atoms with Crippen LogP contribution in [0.15, 0.2) is 42.5 Å². The van der Waals surface area contributed by atoms with Gasteiger partial charge < -0.3 is 10.1 Å². The van der Waals surface area contributed by atoms with Crippen molar-refractivity contribution in [3.63, 3.8) is 0 Å². The van der Waals surface area contributed by atoms with Crippen LogP contribution in [0.4, 0.5) is 5.69 Å². The number of hydrogen-bond acceptors (Lipinski definition) is 3. The minimum Gasteiger partial charge on any atom is -0.483 e. The summed E-state index contributed by atoms with van der Waals surface area (Å²) < 4.78 is 5.56. The molecular weight excluding hydrogens is 302 g/mol. The van der Waals surface area contributed by atoms with Gasteiger partial charge >= 0.3 is 0 Å². The third kappa shape index (κ3) is 2.97. The molecule has 3 rings (SSSR count). The summed E-state index contributed by atoms with van der Waals surface area (Å²) in [6, 6.07) is 12.3. The number of ether oxygens (including phenoxy) is 1. The number of carbonyl (C=O) groups is 2. The Hall–Kier alpha value is -2.33. The SMILES string of the molecule is O=C(COc1cccc2c1CCC2=O)Nc1ccccc1Cl. The molecule has 0 aromatic heterocycles. The van der Waals surface area contributed by atoms with E-state index in [1.165, 1.54) is 0 Å². The standard InChI is InChI=1S/C17H14ClNO3/c18-13-5-1-2-6-14(13)19-17(21)10-22-16-7-3-4-11-12(16)8-9-15(11)20/h1-7H,8-10H2,(H,19,21). The predicted molar refractivity (Wildman–Crippen MR) is 84.7 cm³/mol. The number of carbonyl (C=O) groups excluding carboxylic acids is 2. The molecule has 0 radical (unpaired) electrons. The molecule has 0 heterocycles. The summed E-state index contributed by atoms with van der Waals surface area (Å²) in [7, 11) is 0. The van der Waals surface area contributed by atoms with Gasteiger partial charge in [-0.1, -0.05) is 35.9 Å². The molecule has 2 aromatic carbocycles. The molecule has 1 aliphatic rings. The first-order valence-electron chi connectivity index (χ1n) is 6.97. The second-order valence-electron chi connectivity index (χ2n) is 5.02. The van der Waals surface area contributed by atoms with E-state index in [4.69, 9.17) is 16.3 Å². The normalized spacial score (nSPS) is 12.9. The zero-order valence-corrected chi connectivity index (χ0v) is 12.5. The zero-order valence-electron chi connectivity index (χ0n) is 11.8. The average molecular weight is 316 g/mol. The number of benzene rings is 2. The Balaban J connectivity index is 1.65. The van der Waals surface area contributed by atoms with Crippen molar-refractivity contribution in [2.24, 2.45) is 0 Å². The number of rotatable bonds is 4. The smallest absolute Gasteiger partial charge is 0.262 e. The monoisotopic (exact) mass is 315 g/mol. The fourth-order valence-corrected chi connectivity index (χ4v) is 2.67. The minimum atomic E-state index is -0.296. The summed E-state index contributed by atoms with van der Waals surface area (Å²) in [5, 5.41) is 3.17. The first-order chi connectivity index (χ1) is 10.6. The van der Waals surface area contributed by atoms with Crippen molar-refractivity contribution in [1.82, 2.24) is 0 Å². The van der Waals surface area contributed by atoms with Gasteiger partial charge in [0.05, 0.1) is 10.7 Å². The van der Waals surface area contributed by atoms with Crippen LogP contribution in [0.1, 0.15) is 22.3 Å². The molecule has 4 nitrogen and oxygen atoms in total. The van der Waals surface area contributed by atoms with Crippen molar-refractivity contribution in [1.29, 1.82) is 0 Å². The summed E-state index contributed by atoms with van der Waals surface area (Å²) in [4.78, 5) is 23.6. The highest BCUT2D eigenvalue weighted by Gasteiger charge is 2.22. The molecule has 0 saturated carbocycles. The molecule has 22 heavy (non-hydrogen) atoms. The topological polar surface area (TPSA) is 55.4 Å². The van der Waals surface area contributed by atoms with Gasteiger partial charge in [-0.3, -0.25) is 9.59 Å². The van der Waals surface area contributed by atoms with E-state index in [0.717, 1.165) is 5.56 Å². The van der Waals surface area contributed by atoms with Crippen molar-refractivity contribution in [2.45, 2.75) is 12.8 Å². The van der Waals surface area contributed by atoms with Gasteiger partial charge in [-0.2, -0.15) is 0 Å². The van der Waals surface area contributed by atoms with Crippen molar-refractivity contribution >= 4 is 29.0 Å². The van der Waals surface area contributed by atoms with Gasteiger partial charge in [0, 0.05) is 17.5 Å². The molecule has 2 aromatic rings. The number of nitrogens with one attached hydrogen (secondary N) is 1. The number of hydrogen-bond donors (Lipinski definition) is 1. The summed E-state index contributed by atoms with van der Waals surface area (Å²) in [6.45, 7) is -0.129. The van der Waals surface area contributed by atoms with Crippen LogP contribution >= 0.6 is 11.6 Å². The van der Waals surface area contributed by atoms with Crippen molar-refractivity contribution < 1.29 is 14.3 Å². The van der Waals surface area contributed by atoms with E-state index in [2.05, 4.69) is 5.32 Å². The van der Waals surface area contributed by atoms with Gasteiger partial charge in [0.1, 0.15) is 5.75 Å². The van der Waals surface area contributed by atoms with Gasteiger partial charge in [0.2, 0.25) is 0 Å². The van der Waals surface area contributed by atoms with Crippen LogP contribution in [0.3, 0.4) is 0 Å². The molecule has 0 spiro atoms. The summed E-state index contributed by atoms with van der Waals surface area (Å²) in [5.74, 6) is 0.425. The number of halogens is 1. The molecule has 0 unspecified atom stereocenters. The Labute approximate surface area is 133 Å². The number of fused-ring (bicyclic) bond motifs is 1. The number of amides is 1. The Morgan fingerprint density at radius 1 is 1.14 bits per heavy atom. The number of ketones is 1. The lowest BCUT2D eigenvalue weighted by atomic mass is 10.1. The molecule has 112 valence electrons. The summed E-state index contributed by atoms with van der Waals surface area (Å²) in [6.07, 6.45) is 1.16. The fourth-order valence-electron chi connectivity index (χ4n) is 2.49. The fraction of sp³-hybridized carbons (Fsp3) is 0.176. The van der Waals surface area contributed by atoms with E-state index < -0.39 is 0 Å². The molecule has 0 aliphatic heterocycles. The van der Waals surface area contributed by atoms with Crippen LogP contribution in [-0.4, -0.2) is 18.3 Å². The van der Waals surface area contributed by atoms with Gasteiger partial charge in [-0.25, -0.2) is 0 Å². The Morgan fingerprint density at radius 2 is 1.95 bits per heavy atom. The summed E-state index contributed by atoms with van der Waals surface area (Å²) >= 11 is 5.99. The molecule has 1 aliphatic carbocycles. The molecule has 1 amide bonds. The van der Waals surface area contributed by atoms with E-state index in [0.29, 0.717) is 34.9 Å². The molecule has 0 fully saturated rings. The van der Waals surface area contributed by atoms with Crippen LogP contribution in [0.25, 0.3) is 0 Å². The number of anilines is 1. The lowest BCUT2D eigenvalue weighted by Gasteiger charge is -2.11. The van der Waals surface area contributed by atoms with Crippen LogP contribution in [0, 0.1) is 0 Å². The highest BCUT2D eigenvalue weighted by atomic mass is 35.5. The maximum absolute atomic E-state index is 11.9. The quantitative estimate of drug-likeness (QED) is 0.939. The number of para-hydroxylation sites is 1. The van der Waals surface area contributed by atoms with Gasteiger partial charge in [0.15, 0.2) is 12.4 Å². The molecular formula is C17H14ClNO3. The van der Waals surface area contributed by atoms with E-state index in [9.17, 15) is 9.59 Å². The van der Waals surface area contributed by atoms with Crippen molar-refractivity contribution in [3.8, 4) is 5.75 Å². The number of Topliss-reactive ketones (excluding diaryl/α,β-unsaturated/α-hetero) is 1. The maximum atomic E-state index is 11.9. The Bertz CT molecular complexity index is 742. The second-order valence-corrected chi connectivity index (χ2v) is 5.43. The van der Waals surface area contributed by atoms with Gasteiger partial charge in [0.25, 0.3) is 5.91 Å². The molecule has 5 heteroatoms.